The molecule has 0 amide bonds. The molecular weight excluding hydrogens is 216 g/mol. The molecule has 4 heteroatoms. The number of nitrogens with one attached hydrogen (secondary N) is 1. The van der Waals surface area contributed by atoms with Crippen LogP contribution in [0.4, 0.5) is 0 Å². The van der Waals surface area contributed by atoms with Crippen molar-refractivity contribution < 1.29 is 4.92 Å². The second-order valence-electron chi connectivity index (χ2n) is 4.68. The van der Waals surface area contributed by atoms with E-state index in [1.807, 2.05) is 24.3 Å². The quantitative estimate of drug-likeness (QED) is 0.554. The first kappa shape index (κ1) is 10.3. The molecule has 4 nitrogen and oxygen atoms in total. The number of nitrogens with zero attached hydrogens (tertiary/aromatic N) is 1. The molecule has 0 bridgehead atoms. The van der Waals surface area contributed by atoms with E-state index in [9.17, 15) is 10.1 Å². The molecule has 0 radical (unpaired) electrons. The molecule has 2 aliphatic carbocycles. The third-order valence-electron chi connectivity index (χ3n) is 3.68. The first-order valence-corrected chi connectivity index (χ1v) is 5.94. The molecule has 1 N–H and O–H groups in total. The minimum atomic E-state index is -0.403. The number of hydrogen-bond donors (Lipinski definition) is 1. The van der Waals surface area contributed by atoms with Crippen LogP contribution < -0.4 is 5.32 Å². The third kappa shape index (κ3) is 1.69. The topological polar surface area (TPSA) is 55.2 Å². The van der Waals surface area contributed by atoms with E-state index in [0.29, 0.717) is 18.9 Å². The summed E-state index contributed by atoms with van der Waals surface area (Å²) in [4.78, 5) is 10.8. The summed E-state index contributed by atoms with van der Waals surface area (Å²) in [5, 5.41) is 14.3. The molecule has 0 saturated heterocycles. The number of hydrogen-bond acceptors (Lipinski definition) is 3. The monoisotopic (exact) mass is 230 g/mol. The zero-order chi connectivity index (χ0) is 11.8. The van der Waals surface area contributed by atoms with E-state index in [1.54, 1.807) is 0 Å². The summed E-state index contributed by atoms with van der Waals surface area (Å²) < 4.78 is 0. The van der Waals surface area contributed by atoms with Gasteiger partial charge in [-0.2, -0.15) is 0 Å². The normalized spacial score (nSPS) is 30.2. The lowest BCUT2D eigenvalue weighted by Crippen LogP contribution is -2.34. The highest BCUT2D eigenvalue weighted by Crippen LogP contribution is 2.36. The van der Waals surface area contributed by atoms with Crippen LogP contribution in [0.25, 0.3) is 0 Å². The van der Waals surface area contributed by atoms with Crippen LogP contribution in [0.2, 0.25) is 0 Å². The van der Waals surface area contributed by atoms with Gasteiger partial charge in [0.15, 0.2) is 0 Å². The molecule has 1 heterocycles. The second kappa shape index (κ2) is 3.87. The van der Waals surface area contributed by atoms with Crippen LogP contribution >= 0.6 is 0 Å². The van der Waals surface area contributed by atoms with Gasteiger partial charge in [0.05, 0.1) is 0 Å². The minimum Gasteiger partial charge on any atom is -0.378 e. The van der Waals surface area contributed by atoms with Crippen LogP contribution in [0, 0.1) is 10.1 Å². The molecule has 2 unspecified atom stereocenters. The van der Waals surface area contributed by atoms with E-state index in [1.165, 1.54) is 5.57 Å². The fourth-order valence-corrected chi connectivity index (χ4v) is 2.81. The first-order chi connectivity index (χ1) is 8.25. The molecule has 17 heavy (non-hydrogen) atoms. The van der Waals surface area contributed by atoms with Gasteiger partial charge in [-0.1, -0.05) is 24.3 Å². The van der Waals surface area contributed by atoms with Crippen molar-refractivity contribution in [2.45, 2.75) is 31.3 Å². The van der Waals surface area contributed by atoms with Crippen molar-refractivity contribution in [3.63, 3.8) is 0 Å². The van der Waals surface area contributed by atoms with E-state index in [2.05, 4.69) is 11.4 Å². The molecule has 3 aliphatic rings. The Morgan fingerprint density at radius 2 is 2.18 bits per heavy atom. The number of rotatable bonds is 1. The Labute approximate surface area is 99.5 Å². The van der Waals surface area contributed by atoms with Gasteiger partial charge in [0.2, 0.25) is 6.04 Å². The van der Waals surface area contributed by atoms with Gasteiger partial charge in [-0.05, 0) is 23.6 Å². The first-order valence-electron chi connectivity index (χ1n) is 5.94. The molecule has 3 rings (SSSR count). The Hall–Kier alpha value is -1.84. The molecule has 0 aromatic heterocycles. The minimum absolute atomic E-state index is 0.135. The van der Waals surface area contributed by atoms with Crippen molar-refractivity contribution in [3.8, 4) is 0 Å². The highest BCUT2D eigenvalue weighted by atomic mass is 16.6. The lowest BCUT2D eigenvalue weighted by Gasteiger charge is -2.23. The van der Waals surface area contributed by atoms with E-state index < -0.39 is 6.04 Å². The highest BCUT2D eigenvalue weighted by Gasteiger charge is 2.37. The molecule has 1 saturated carbocycles. The summed E-state index contributed by atoms with van der Waals surface area (Å²) >= 11 is 0. The predicted molar refractivity (Wildman–Crippen MR) is 64.9 cm³/mol. The summed E-state index contributed by atoms with van der Waals surface area (Å²) in [5.41, 5.74) is 3.48. The Balaban J connectivity index is 1.96. The van der Waals surface area contributed by atoms with Gasteiger partial charge in [-0.15, -0.1) is 0 Å². The van der Waals surface area contributed by atoms with Crippen molar-refractivity contribution in [1.29, 1.82) is 0 Å². The van der Waals surface area contributed by atoms with Gasteiger partial charge >= 0.3 is 0 Å². The zero-order valence-corrected chi connectivity index (χ0v) is 9.43. The van der Waals surface area contributed by atoms with Crippen LogP contribution in [0.3, 0.4) is 0 Å². The summed E-state index contributed by atoms with van der Waals surface area (Å²) in [7, 11) is 0. The van der Waals surface area contributed by atoms with Crippen LogP contribution in [-0.2, 0) is 0 Å². The Morgan fingerprint density at radius 1 is 1.29 bits per heavy atom. The highest BCUT2D eigenvalue weighted by molar-refractivity contribution is 5.53. The summed E-state index contributed by atoms with van der Waals surface area (Å²) in [5.74, 6) is 0. The van der Waals surface area contributed by atoms with Crippen LogP contribution in [-0.4, -0.2) is 17.0 Å². The van der Waals surface area contributed by atoms with Crippen LogP contribution in [0.1, 0.15) is 19.3 Å². The lowest BCUT2D eigenvalue weighted by molar-refractivity contribution is -0.524. The van der Waals surface area contributed by atoms with E-state index in [4.69, 9.17) is 0 Å². The van der Waals surface area contributed by atoms with Gasteiger partial charge in [-0.3, -0.25) is 10.1 Å². The van der Waals surface area contributed by atoms with Gasteiger partial charge in [0, 0.05) is 29.5 Å². The Morgan fingerprint density at radius 3 is 3.00 bits per heavy atom. The molecule has 0 spiro atoms. The van der Waals surface area contributed by atoms with Crippen molar-refractivity contribution in [2.75, 3.05) is 0 Å². The van der Waals surface area contributed by atoms with Gasteiger partial charge in [-0.25, -0.2) is 0 Å². The smallest absolute Gasteiger partial charge is 0.217 e. The van der Waals surface area contributed by atoms with Crippen molar-refractivity contribution in [2.24, 2.45) is 0 Å². The predicted octanol–water partition coefficient (Wildman–Crippen LogP) is 2.09. The maximum Gasteiger partial charge on any atom is 0.217 e. The summed E-state index contributed by atoms with van der Waals surface area (Å²) in [6.07, 6.45) is 12.2. The molecule has 1 fully saturated rings. The van der Waals surface area contributed by atoms with Crippen LogP contribution in [0.5, 0.6) is 0 Å². The molecule has 1 aliphatic heterocycles. The Kier molecular flexibility index (Phi) is 2.35. The largest absolute Gasteiger partial charge is 0.378 e. The number of fused-ring (bicyclic) bond motifs is 2. The third-order valence-corrected chi connectivity index (χ3v) is 3.68. The number of nitro groups is 1. The second-order valence-corrected chi connectivity index (χ2v) is 4.68. The number of allylic oxidation sites excluding steroid dienone is 5. The SMILES string of the molecule is O=[N+]([O-])C1CCC2NC3=CC=CC=CC3=C2C1. The standard InChI is InChI=1S/C13H14N2O2/c16-15(17)9-6-7-13-11(8-9)10-4-2-1-3-5-12(10)14-13/h1-5,9,13-14H,6-8H2. The average molecular weight is 230 g/mol. The summed E-state index contributed by atoms with van der Waals surface area (Å²) in [6.45, 7) is 0. The molecule has 0 aromatic rings. The van der Waals surface area contributed by atoms with Crippen molar-refractivity contribution >= 4 is 0 Å². The average Bonchev–Trinajstić information content (AvgIpc) is 2.51. The van der Waals surface area contributed by atoms with Gasteiger partial charge < -0.3 is 5.32 Å². The van der Waals surface area contributed by atoms with Crippen LogP contribution in [0.15, 0.2) is 47.2 Å². The van der Waals surface area contributed by atoms with E-state index in [-0.39, 0.29) is 4.92 Å². The lowest BCUT2D eigenvalue weighted by atomic mass is 9.86. The molecule has 0 aromatic carbocycles. The molecule has 88 valence electrons. The van der Waals surface area contributed by atoms with E-state index in [0.717, 1.165) is 17.7 Å². The zero-order valence-electron chi connectivity index (χ0n) is 9.43. The van der Waals surface area contributed by atoms with E-state index >= 15 is 0 Å². The van der Waals surface area contributed by atoms with Gasteiger partial charge in [0.1, 0.15) is 0 Å². The maximum absolute atomic E-state index is 10.9. The molecular formula is C13H14N2O2. The van der Waals surface area contributed by atoms with Crippen molar-refractivity contribution in [1.82, 2.24) is 5.32 Å². The van der Waals surface area contributed by atoms with Crippen molar-refractivity contribution in [3.05, 3.63) is 57.3 Å². The van der Waals surface area contributed by atoms with Gasteiger partial charge in [0.25, 0.3) is 0 Å². The Bertz CT molecular complexity index is 486. The fraction of sp³-hybridized carbons (Fsp3) is 0.385. The maximum atomic E-state index is 10.9. The molecule has 2 atom stereocenters. The summed E-state index contributed by atoms with van der Waals surface area (Å²) in [6, 6.07) is -0.0943. The fourth-order valence-electron chi connectivity index (χ4n) is 2.81.